The monoisotopic (exact) mass is 199 g/mol. The van der Waals surface area contributed by atoms with Gasteiger partial charge in [0, 0.05) is 17.0 Å². The number of carbonyl (C=O) groups is 1. The van der Waals surface area contributed by atoms with Crippen molar-refractivity contribution in [2.24, 2.45) is 0 Å². The highest BCUT2D eigenvalue weighted by atomic mass is 32.1. The van der Waals surface area contributed by atoms with Crippen LogP contribution in [-0.2, 0) is 4.79 Å². The molecule has 0 radical (unpaired) electrons. The number of aryl methyl sites for hydroxylation is 1. The molecule has 0 aliphatic rings. The average Bonchev–Trinajstić information content (AvgIpc) is 2.47. The van der Waals surface area contributed by atoms with Gasteiger partial charge in [0.25, 0.3) is 0 Å². The van der Waals surface area contributed by atoms with Crippen molar-refractivity contribution in [2.45, 2.75) is 32.6 Å². The molecular weight excluding hydrogens is 186 g/mol. The number of aliphatic carboxylic acids is 1. The minimum Gasteiger partial charge on any atom is -0.481 e. The van der Waals surface area contributed by atoms with Gasteiger partial charge in [0.1, 0.15) is 0 Å². The third-order valence-electron chi connectivity index (χ3n) is 1.96. The van der Waals surface area contributed by atoms with Gasteiger partial charge >= 0.3 is 5.97 Å². The van der Waals surface area contributed by atoms with E-state index in [1.807, 2.05) is 13.8 Å². The normalized spacial score (nSPS) is 12.8. The summed E-state index contributed by atoms with van der Waals surface area (Å²) in [6.45, 7) is 3.93. The molecule has 0 aliphatic carbocycles. The first-order valence-electron chi connectivity index (χ1n) is 4.27. The van der Waals surface area contributed by atoms with E-state index in [0.29, 0.717) is 0 Å². The largest absolute Gasteiger partial charge is 0.481 e. The molecule has 0 amide bonds. The Labute approximate surface area is 81.4 Å². The van der Waals surface area contributed by atoms with E-state index in [1.165, 1.54) is 0 Å². The van der Waals surface area contributed by atoms with E-state index in [1.54, 1.807) is 17.5 Å². The van der Waals surface area contributed by atoms with Crippen LogP contribution in [0.25, 0.3) is 0 Å². The van der Waals surface area contributed by atoms with E-state index in [9.17, 15) is 4.79 Å². The third-order valence-corrected chi connectivity index (χ3v) is 3.03. The first kappa shape index (κ1) is 10.2. The maximum Gasteiger partial charge on any atom is 0.303 e. The predicted octanol–water partition coefficient (Wildman–Crippen LogP) is 2.42. The highest BCUT2D eigenvalue weighted by molar-refractivity contribution is 7.11. The van der Waals surface area contributed by atoms with Gasteiger partial charge in [-0.25, -0.2) is 4.98 Å². The molecule has 0 saturated carbocycles. The Morgan fingerprint density at radius 3 is 2.85 bits per heavy atom. The van der Waals surface area contributed by atoms with Gasteiger partial charge in [0.15, 0.2) is 0 Å². The molecule has 1 N–H and O–H groups in total. The highest BCUT2D eigenvalue weighted by Gasteiger charge is 2.15. The van der Waals surface area contributed by atoms with Crippen molar-refractivity contribution < 1.29 is 9.90 Å². The van der Waals surface area contributed by atoms with Gasteiger partial charge in [0.05, 0.1) is 11.4 Å². The molecule has 0 spiro atoms. The Kier molecular flexibility index (Phi) is 3.42. The number of nitrogens with zero attached hydrogens (tertiary/aromatic N) is 1. The molecule has 0 aliphatic heterocycles. The second kappa shape index (κ2) is 4.37. The summed E-state index contributed by atoms with van der Waals surface area (Å²) in [5, 5.41) is 9.67. The predicted molar refractivity (Wildman–Crippen MR) is 52.1 cm³/mol. The SMILES string of the molecule is CC[C@H](CC(=O)O)c1cnc(C)s1. The van der Waals surface area contributed by atoms with Crippen molar-refractivity contribution in [2.75, 3.05) is 0 Å². The second-order valence-electron chi connectivity index (χ2n) is 2.98. The summed E-state index contributed by atoms with van der Waals surface area (Å²) >= 11 is 1.59. The van der Waals surface area contributed by atoms with Crippen LogP contribution in [0.3, 0.4) is 0 Å². The smallest absolute Gasteiger partial charge is 0.303 e. The number of thiazole rings is 1. The van der Waals surface area contributed by atoms with Crippen LogP contribution in [-0.4, -0.2) is 16.1 Å². The molecule has 3 nitrogen and oxygen atoms in total. The maximum atomic E-state index is 10.5. The maximum absolute atomic E-state index is 10.5. The number of hydrogen-bond acceptors (Lipinski definition) is 3. The number of carboxylic acid groups (broad SMARTS) is 1. The summed E-state index contributed by atoms with van der Waals surface area (Å²) in [6, 6.07) is 0. The van der Waals surface area contributed by atoms with Crippen molar-refractivity contribution in [3.63, 3.8) is 0 Å². The summed E-state index contributed by atoms with van der Waals surface area (Å²) in [6.07, 6.45) is 2.85. The Morgan fingerprint density at radius 2 is 2.46 bits per heavy atom. The molecule has 1 rings (SSSR count). The van der Waals surface area contributed by atoms with Gasteiger partial charge in [-0.2, -0.15) is 0 Å². The fraction of sp³-hybridized carbons (Fsp3) is 0.556. The summed E-state index contributed by atoms with van der Waals surface area (Å²) in [5.41, 5.74) is 0. The topological polar surface area (TPSA) is 50.2 Å². The van der Waals surface area contributed by atoms with Gasteiger partial charge in [-0.05, 0) is 13.3 Å². The van der Waals surface area contributed by atoms with Crippen LogP contribution < -0.4 is 0 Å². The Bertz CT molecular complexity index is 296. The molecule has 1 aromatic heterocycles. The van der Waals surface area contributed by atoms with Gasteiger partial charge in [-0.1, -0.05) is 6.92 Å². The lowest BCUT2D eigenvalue weighted by Gasteiger charge is -2.08. The number of hydrogen-bond donors (Lipinski definition) is 1. The van der Waals surface area contributed by atoms with Gasteiger partial charge in [-0.3, -0.25) is 4.79 Å². The van der Waals surface area contributed by atoms with Crippen molar-refractivity contribution >= 4 is 17.3 Å². The zero-order valence-corrected chi connectivity index (χ0v) is 8.60. The Hall–Kier alpha value is -0.900. The molecule has 1 atom stereocenters. The Morgan fingerprint density at radius 1 is 1.77 bits per heavy atom. The van der Waals surface area contributed by atoms with E-state index < -0.39 is 5.97 Å². The summed E-state index contributed by atoms with van der Waals surface area (Å²) in [7, 11) is 0. The number of carboxylic acids is 1. The molecule has 1 aromatic rings. The van der Waals surface area contributed by atoms with Crippen LogP contribution in [0.1, 0.15) is 35.6 Å². The van der Waals surface area contributed by atoms with Crippen molar-refractivity contribution in [1.29, 1.82) is 0 Å². The molecule has 0 aromatic carbocycles. The second-order valence-corrected chi connectivity index (χ2v) is 4.25. The summed E-state index contributed by atoms with van der Waals surface area (Å²) in [4.78, 5) is 15.7. The molecule has 0 bridgehead atoms. The number of rotatable bonds is 4. The molecule has 13 heavy (non-hydrogen) atoms. The summed E-state index contributed by atoms with van der Waals surface area (Å²) in [5.74, 6) is -0.610. The molecule has 1 heterocycles. The van der Waals surface area contributed by atoms with Crippen LogP contribution >= 0.6 is 11.3 Å². The first-order valence-corrected chi connectivity index (χ1v) is 5.09. The van der Waals surface area contributed by atoms with Gasteiger partial charge < -0.3 is 5.11 Å². The fourth-order valence-corrected chi connectivity index (χ4v) is 2.19. The minimum atomic E-state index is -0.738. The molecule has 4 heteroatoms. The molecular formula is C9H13NO2S. The van der Waals surface area contributed by atoms with Crippen LogP contribution in [0, 0.1) is 6.92 Å². The fourth-order valence-electron chi connectivity index (χ4n) is 1.22. The summed E-state index contributed by atoms with van der Waals surface area (Å²) < 4.78 is 0. The van der Waals surface area contributed by atoms with Gasteiger partial charge in [0.2, 0.25) is 0 Å². The zero-order chi connectivity index (χ0) is 9.84. The van der Waals surface area contributed by atoms with Gasteiger partial charge in [-0.15, -0.1) is 11.3 Å². The molecule has 0 saturated heterocycles. The lowest BCUT2D eigenvalue weighted by Crippen LogP contribution is -2.03. The molecule has 0 fully saturated rings. The quantitative estimate of drug-likeness (QED) is 0.810. The zero-order valence-electron chi connectivity index (χ0n) is 7.78. The van der Waals surface area contributed by atoms with Crippen LogP contribution in [0.4, 0.5) is 0 Å². The molecule has 72 valence electrons. The average molecular weight is 199 g/mol. The lowest BCUT2D eigenvalue weighted by atomic mass is 10.0. The van der Waals surface area contributed by atoms with Crippen LogP contribution in [0.2, 0.25) is 0 Å². The highest BCUT2D eigenvalue weighted by Crippen LogP contribution is 2.27. The van der Waals surface area contributed by atoms with Crippen LogP contribution in [0.5, 0.6) is 0 Å². The van der Waals surface area contributed by atoms with E-state index >= 15 is 0 Å². The van der Waals surface area contributed by atoms with Crippen LogP contribution in [0.15, 0.2) is 6.20 Å². The minimum absolute atomic E-state index is 0.128. The van der Waals surface area contributed by atoms with E-state index in [2.05, 4.69) is 4.98 Å². The molecule has 0 unspecified atom stereocenters. The first-order chi connectivity index (χ1) is 6.13. The van der Waals surface area contributed by atoms with Crippen molar-refractivity contribution in [1.82, 2.24) is 4.98 Å². The van der Waals surface area contributed by atoms with E-state index in [-0.39, 0.29) is 12.3 Å². The van der Waals surface area contributed by atoms with Crippen molar-refractivity contribution in [3.05, 3.63) is 16.1 Å². The van der Waals surface area contributed by atoms with E-state index in [4.69, 9.17) is 5.11 Å². The number of aromatic nitrogens is 1. The Balaban J connectivity index is 2.72. The van der Waals surface area contributed by atoms with E-state index in [0.717, 1.165) is 16.3 Å². The van der Waals surface area contributed by atoms with Crippen molar-refractivity contribution in [3.8, 4) is 0 Å². The standard InChI is InChI=1S/C9H13NO2S/c1-3-7(4-9(11)12)8-5-10-6(2)13-8/h5,7H,3-4H2,1-2H3,(H,11,12)/t7-/m1/s1. The third kappa shape index (κ3) is 2.81. The lowest BCUT2D eigenvalue weighted by molar-refractivity contribution is -0.137.